The Balaban J connectivity index is 2.48. The molecule has 0 amide bonds. The van der Waals surface area contributed by atoms with Gasteiger partial charge in [0.15, 0.2) is 6.10 Å². The third-order valence-corrected chi connectivity index (χ3v) is 6.28. The molecule has 2 nitrogen and oxygen atoms in total. The lowest BCUT2D eigenvalue weighted by Gasteiger charge is -2.23. The summed E-state index contributed by atoms with van der Waals surface area (Å²) in [7, 11) is -3.55. The van der Waals surface area contributed by atoms with E-state index >= 15 is 0 Å². The highest BCUT2D eigenvalue weighted by Gasteiger charge is 2.43. The molecule has 0 spiro atoms. The summed E-state index contributed by atoms with van der Waals surface area (Å²) < 4.78 is 51.1. The smallest absolute Gasteiger partial charge is 0.383 e. The average molecular weight is 314 g/mol. The van der Waals surface area contributed by atoms with Crippen molar-refractivity contribution in [1.82, 2.24) is 0 Å². The Kier molecular flexibility index (Phi) is 4.55. The molecule has 0 aliphatic heterocycles. The van der Waals surface area contributed by atoms with E-state index in [-0.39, 0.29) is 0 Å². The first-order chi connectivity index (χ1) is 9.84. The van der Waals surface area contributed by atoms with Crippen LogP contribution in [0.5, 0.6) is 0 Å². The quantitative estimate of drug-likeness (QED) is 0.881. The standard InChI is InChI=1S/C15H14F3O2P/c16-15(17,18)14(19)11-21(20,12-7-3-1-4-8-12)13-9-5-2-6-10-13/h1-10,14,19H,11H2. The molecule has 2 rings (SSSR count). The van der Waals surface area contributed by atoms with Gasteiger partial charge in [-0.1, -0.05) is 60.7 Å². The van der Waals surface area contributed by atoms with E-state index in [2.05, 4.69) is 0 Å². The van der Waals surface area contributed by atoms with Gasteiger partial charge in [-0.25, -0.2) is 0 Å². The van der Waals surface area contributed by atoms with E-state index in [1.54, 1.807) is 36.4 Å². The SMILES string of the molecule is O=P(CC(O)C(F)(F)F)(c1ccccc1)c1ccccc1. The van der Waals surface area contributed by atoms with Crippen molar-refractivity contribution in [1.29, 1.82) is 0 Å². The second-order valence-electron chi connectivity index (χ2n) is 4.65. The van der Waals surface area contributed by atoms with Gasteiger partial charge in [0, 0.05) is 16.8 Å². The van der Waals surface area contributed by atoms with Gasteiger partial charge in [0.25, 0.3) is 0 Å². The lowest BCUT2D eigenvalue weighted by atomic mass is 10.4. The molecule has 0 bridgehead atoms. The van der Waals surface area contributed by atoms with Gasteiger partial charge in [0.2, 0.25) is 0 Å². The molecule has 1 unspecified atom stereocenters. The van der Waals surface area contributed by atoms with Crippen molar-refractivity contribution in [3.8, 4) is 0 Å². The normalized spacial score (nSPS) is 13.9. The molecule has 21 heavy (non-hydrogen) atoms. The fourth-order valence-corrected chi connectivity index (χ4v) is 4.77. The molecule has 2 aromatic rings. The fourth-order valence-electron chi connectivity index (χ4n) is 2.04. The number of rotatable bonds is 4. The Morgan fingerprint density at radius 2 is 1.29 bits per heavy atom. The van der Waals surface area contributed by atoms with Crippen LogP contribution in [0.4, 0.5) is 13.2 Å². The van der Waals surface area contributed by atoms with E-state index in [0.717, 1.165) is 0 Å². The van der Waals surface area contributed by atoms with Crippen molar-refractivity contribution in [3.63, 3.8) is 0 Å². The number of halogens is 3. The highest BCUT2D eigenvalue weighted by molar-refractivity contribution is 7.78. The number of benzene rings is 2. The summed E-state index contributed by atoms with van der Waals surface area (Å²) in [6.45, 7) is 0. The van der Waals surface area contributed by atoms with Crippen molar-refractivity contribution < 1.29 is 22.8 Å². The van der Waals surface area contributed by atoms with Gasteiger partial charge >= 0.3 is 6.18 Å². The van der Waals surface area contributed by atoms with Crippen LogP contribution in [-0.4, -0.2) is 23.5 Å². The summed E-state index contributed by atoms with van der Waals surface area (Å²) in [5, 5.41) is 9.96. The summed E-state index contributed by atoms with van der Waals surface area (Å²) in [6, 6.07) is 15.9. The lowest BCUT2D eigenvalue weighted by molar-refractivity contribution is -0.196. The van der Waals surface area contributed by atoms with Gasteiger partial charge in [-0.05, 0) is 0 Å². The van der Waals surface area contributed by atoms with Crippen LogP contribution < -0.4 is 10.6 Å². The summed E-state index contributed by atoms with van der Waals surface area (Å²) in [5.74, 6) is 0. The van der Waals surface area contributed by atoms with Crippen molar-refractivity contribution in [3.05, 3.63) is 60.7 Å². The van der Waals surface area contributed by atoms with Gasteiger partial charge in [-0.2, -0.15) is 13.2 Å². The molecule has 0 radical (unpaired) electrons. The molecule has 6 heteroatoms. The Bertz CT molecular complexity index is 583. The van der Waals surface area contributed by atoms with E-state index in [1.165, 1.54) is 24.3 Å². The summed E-state index contributed by atoms with van der Waals surface area (Å²) in [6.07, 6.45) is -8.27. The van der Waals surface area contributed by atoms with Crippen LogP contribution >= 0.6 is 7.14 Å². The predicted molar refractivity (Wildman–Crippen MR) is 76.7 cm³/mol. The molecule has 0 heterocycles. The van der Waals surface area contributed by atoms with Crippen LogP contribution in [0.2, 0.25) is 0 Å². The maximum absolute atomic E-state index is 13.2. The van der Waals surface area contributed by atoms with Crippen LogP contribution in [0.1, 0.15) is 0 Å². The molecule has 0 fully saturated rings. The van der Waals surface area contributed by atoms with Crippen LogP contribution in [-0.2, 0) is 4.57 Å². The molecular weight excluding hydrogens is 300 g/mol. The monoisotopic (exact) mass is 314 g/mol. The zero-order chi connectivity index (χ0) is 15.5. The molecule has 0 aromatic heterocycles. The molecule has 2 aromatic carbocycles. The third-order valence-electron chi connectivity index (χ3n) is 3.15. The van der Waals surface area contributed by atoms with E-state index in [1.807, 2.05) is 0 Å². The summed E-state index contributed by atoms with van der Waals surface area (Å²) in [5.41, 5.74) is 0. The lowest BCUT2D eigenvalue weighted by Crippen LogP contribution is -2.35. The minimum Gasteiger partial charge on any atom is -0.383 e. The van der Waals surface area contributed by atoms with Crippen LogP contribution in [0.15, 0.2) is 60.7 Å². The van der Waals surface area contributed by atoms with Gasteiger partial charge in [0.1, 0.15) is 7.14 Å². The Morgan fingerprint density at radius 1 is 0.905 bits per heavy atom. The molecule has 112 valence electrons. The van der Waals surface area contributed by atoms with Gasteiger partial charge in [-0.15, -0.1) is 0 Å². The average Bonchev–Trinajstić information content (AvgIpc) is 2.48. The van der Waals surface area contributed by atoms with Crippen LogP contribution in [0.25, 0.3) is 0 Å². The van der Waals surface area contributed by atoms with Crippen molar-refractivity contribution in [2.24, 2.45) is 0 Å². The topological polar surface area (TPSA) is 37.3 Å². The number of hydrogen-bond donors (Lipinski definition) is 1. The van der Waals surface area contributed by atoms with E-state index in [4.69, 9.17) is 0 Å². The largest absolute Gasteiger partial charge is 0.414 e. The molecule has 0 aliphatic rings. The number of alkyl halides is 3. The zero-order valence-corrected chi connectivity index (χ0v) is 11.9. The third kappa shape index (κ3) is 3.55. The highest BCUT2D eigenvalue weighted by Crippen LogP contribution is 2.45. The Labute approximate surface area is 120 Å². The van der Waals surface area contributed by atoms with E-state index in [9.17, 15) is 22.8 Å². The minimum absolute atomic E-state index is 0.305. The minimum atomic E-state index is -4.79. The van der Waals surface area contributed by atoms with Gasteiger partial charge in [0.05, 0.1) is 0 Å². The predicted octanol–water partition coefficient (Wildman–Crippen LogP) is 2.92. The maximum Gasteiger partial charge on any atom is 0.414 e. The highest BCUT2D eigenvalue weighted by atomic mass is 31.2. The first-order valence-electron chi connectivity index (χ1n) is 6.29. The first kappa shape index (κ1) is 15.8. The first-order valence-corrected chi connectivity index (χ1v) is 8.18. The second kappa shape index (κ2) is 6.04. The molecular formula is C15H14F3O2P. The summed E-state index contributed by atoms with van der Waals surface area (Å²) >= 11 is 0. The Morgan fingerprint density at radius 3 is 1.62 bits per heavy atom. The maximum atomic E-state index is 13.2. The molecule has 1 atom stereocenters. The fraction of sp³-hybridized carbons (Fsp3) is 0.200. The Hall–Kier alpha value is -1.58. The van der Waals surface area contributed by atoms with Gasteiger partial charge < -0.3 is 9.67 Å². The van der Waals surface area contributed by atoms with Crippen molar-refractivity contribution in [2.75, 3.05) is 6.16 Å². The van der Waals surface area contributed by atoms with E-state index in [0.29, 0.717) is 10.6 Å². The van der Waals surface area contributed by atoms with Crippen LogP contribution in [0, 0.1) is 0 Å². The van der Waals surface area contributed by atoms with Crippen molar-refractivity contribution in [2.45, 2.75) is 12.3 Å². The van der Waals surface area contributed by atoms with Crippen LogP contribution in [0.3, 0.4) is 0 Å². The second-order valence-corrected chi connectivity index (χ2v) is 7.53. The number of aliphatic hydroxyl groups excluding tert-OH is 1. The van der Waals surface area contributed by atoms with E-state index < -0.39 is 25.6 Å². The number of aliphatic hydroxyl groups is 1. The molecule has 0 saturated heterocycles. The van der Waals surface area contributed by atoms with Crippen molar-refractivity contribution >= 4 is 17.8 Å². The summed E-state index contributed by atoms with van der Waals surface area (Å²) in [4.78, 5) is 0. The molecule has 1 N–H and O–H groups in total. The molecule has 0 aliphatic carbocycles. The zero-order valence-electron chi connectivity index (χ0n) is 11.0. The molecule has 0 saturated carbocycles. The van der Waals surface area contributed by atoms with Gasteiger partial charge in [-0.3, -0.25) is 0 Å². The number of hydrogen-bond acceptors (Lipinski definition) is 2.